The first kappa shape index (κ1) is 15.5. The van der Waals surface area contributed by atoms with Crippen molar-refractivity contribution in [2.45, 2.75) is 6.54 Å². The molecule has 0 spiro atoms. The highest BCUT2D eigenvalue weighted by Crippen LogP contribution is 2.03. The van der Waals surface area contributed by atoms with Gasteiger partial charge in [-0.15, -0.1) is 6.58 Å². The molecule has 0 bridgehead atoms. The van der Waals surface area contributed by atoms with E-state index in [-0.39, 0.29) is 6.54 Å². The van der Waals surface area contributed by atoms with E-state index in [9.17, 15) is 14.4 Å². The Kier molecular flexibility index (Phi) is 4.11. The number of hydrogen-bond acceptors (Lipinski definition) is 3. The molecule has 0 aliphatic carbocycles. The zero-order valence-electron chi connectivity index (χ0n) is 12.8. The Balaban J connectivity index is 2.46. The minimum absolute atomic E-state index is 0.0115. The van der Waals surface area contributed by atoms with Gasteiger partial charge < -0.3 is 0 Å². The molecule has 0 saturated heterocycles. The summed E-state index contributed by atoms with van der Waals surface area (Å²) < 4.78 is 2.95. The summed E-state index contributed by atoms with van der Waals surface area (Å²) in [5.41, 5.74) is -1.29. The van der Waals surface area contributed by atoms with Crippen LogP contribution in [0.5, 0.6) is 0 Å². The average molecular weight is 321 g/mol. The average Bonchev–Trinajstić information content (AvgIpc) is 2.61. The molecule has 6 heteroatoms. The van der Waals surface area contributed by atoms with Crippen LogP contribution >= 0.6 is 0 Å². The molecular weight excluding hydrogens is 306 g/mol. The highest BCUT2D eigenvalue weighted by molar-refractivity contribution is 5.34. The van der Waals surface area contributed by atoms with Crippen molar-refractivity contribution in [3.05, 3.63) is 105 Å². The predicted octanol–water partition coefficient (Wildman–Crippen LogP) is 1.34. The van der Waals surface area contributed by atoms with Crippen molar-refractivity contribution in [2.24, 2.45) is 0 Å². The number of para-hydroxylation sites is 2. The first-order valence-corrected chi connectivity index (χ1v) is 7.36. The van der Waals surface area contributed by atoms with E-state index in [1.165, 1.54) is 6.08 Å². The van der Waals surface area contributed by atoms with Gasteiger partial charge in [0.1, 0.15) is 0 Å². The molecule has 24 heavy (non-hydrogen) atoms. The topological polar surface area (TPSA) is 66.0 Å². The van der Waals surface area contributed by atoms with E-state index in [0.717, 1.165) is 13.7 Å². The zero-order valence-corrected chi connectivity index (χ0v) is 12.8. The number of benzene rings is 2. The SMILES string of the molecule is C=CCn1c(=O)n(-c2ccccc2)c(=O)n(-c2ccccc2)c1=O. The monoisotopic (exact) mass is 321 g/mol. The molecule has 0 fully saturated rings. The van der Waals surface area contributed by atoms with Crippen molar-refractivity contribution in [1.29, 1.82) is 0 Å². The Labute approximate surface area is 137 Å². The van der Waals surface area contributed by atoms with Crippen molar-refractivity contribution >= 4 is 0 Å². The van der Waals surface area contributed by atoms with E-state index in [1.54, 1.807) is 60.7 Å². The second-order valence-electron chi connectivity index (χ2n) is 5.09. The van der Waals surface area contributed by atoms with Crippen LogP contribution in [-0.4, -0.2) is 13.7 Å². The summed E-state index contributed by atoms with van der Waals surface area (Å²) in [6.07, 6.45) is 1.44. The molecule has 0 saturated carbocycles. The highest BCUT2D eigenvalue weighted by Gasteiger charge is 2.16. The van der Waals surface area contributed by atoms with Gasteiger partial charge in [0.15, 0.2) is 0 Å². The molecular formula is C18H15N3O3. The van der Waals surface area contributed by atoms with E-state index in [4.69, 9.17) is 0 Å². The number of allylic oxidation sites excluding steroid dienone is 1. The Morgan fingerprint density at radius 1 is 0.708 bits per heavy atom. The smallest absolute Gasteiger partial charge is 0.247 e. The first-order chi connectivity index (χ1) is 11.6. The standard InChI is InChI=1S/C18H15N3O3/c1-2-13-19-16(22)20(14-9-5-3-6-10-14)18(24)21(17(19)23)15-11-7-4-8-12-15/h2-12H,1,13H2. The van der Waals surface area contributed by atoms with Crippen LogP contribution < -0.4 is 17.1 Å². The third-order valence-corrected chi connectivity index (χ3v) is 3.57. The van der Waals surface area contributed by atoms with Crippen LogP contribution in [-0.2, 0) is 6.54 Å². The van der Waals surface area contributed by atoms with Crippen LogP contribution in [0.2, 0.25) is 0 Å². The largest absolute Gasteiger partial charge is 0.345 e. The van der Waals surface area contributed by atoms with E-state index in [1.807, 2.05) is 0 Å². The lowest BCUT2D eigenvalue weighted by atomic mass is 10.3. The van der Waals surface area contributed by atoms with E-state index in [2.05, 4.69) is 6.58 Å². The summed E-state index contributed by atoms with van der Waals surface area (Å²) >= 11 is 0. The Hall–Kier alpha value is -3.41. The Morgan fingerprint density at radius 3 is 1.50 bits per heavy atom. The van der Waals surface area contributed by atoms with Gasteiger partial charge in [-0.2, -0.15) is 0 Å². The van der Waals surface area contributed by atoms with E-state index < -0.39 is 17.1 Å². The molecule has 0 aliphatic rings. The normalized spacial score (nSPS) is 10.5. The minimum atomic E-state index is -0.706. The van der Waals surface area contributed by atoms with E-state index >= 15 is 0 Å². The van der Waals surface area contributed by atoms with Crippen LogP contribution in [0.4, 0.5) is 0 Å². The lowest BCUT2D eigenvalue weighted by Gasteiger charge is -2.13. The van der Waals surface area contributed by atoms with Crippen molar-refractivity contribution < 1.29 is 0 Å². The fourth-order valence-electron chi connectivity index (χ4n) is 2.47. The molecule has 0 aliphatic heterocycles. The van der Waals surface area contributed by atoms with Gasteiger partial charge in [-0.1, -0.05) is 42.5 Å². The molecule has 0 radical (unpaired) electrons. The van der Waals surface area contributed by atoms with Gasteiger partial charge >= 0.3 is 17.1 Å². The third kappa shape index (κ3) is 2.54. The maximum absolute atomic E-state index is 12.9. The van der Waals surface area contributed by atoms with Crippen LogP contribution in [0.3, 0.4) is 0 Å². The lowest BCUT2D eigenvalue weighted by molar-refractivity contribution is 0.589. The predicted molar refractivity (Wildman–Crippen MR) is 92.1 cm³/mol. The van der Waals surface area contributed by atoms with E-state index in [0.29, 0.717) is 11.4 Å². The molecule has 0 amide bonds. The second kappa shape index (κ2) is 6.37. The molecule has 3 rings (SSSR count). The maximum atomic E-state index is 12.9. The molecule has 3 aromatic rings. The Bertz CT molecular complexity index is 967. The Morgan fingerprint density at radius 2 is 1.12 bits per heavy atom. The van der Waals surface area contributed by atoms with Gasteiger partial charge in [-0.3, -0.25) is 0 Å². The van der Waals surface area contributed by atoms with Gasteiger partial charge in [-0.05, 0) is 24.3 Å². The molecule has 1 aromatic heterocycles. The third-order valence-electron chi connectivity index (χ3n) is 3.57. The molecule has 2 aromatic carbocycles. The number of hydrogen-bond donors (Lipinski definition) is 0. The molecule has 0 unspecified atom stereocenters. The van der Waals surface area contributed by atoms with Gasteiger partial charge in [0, 0.05) is 0 Å². The summed E-state index contributed by atoms with van der Waals surface area (Å²) in [6.45, 7) is 3.58. The zero-order chi connectivity index (χ0) is 17.1. The van der Waals surface area contributed by atoms with Crippen LogP contribution in [0.15, 0.2) is 87.7 Å². The van der Waals surface area contributed by atoms with Crippen LogP contribution in [0, 0.1) is 0 Å². The van der Waals surface area contributed by atoms with Gasteiger partial charge in [0.25, 0.3) is 0 Å². The summed E-state index contributed by atoms with van der Waals surface area (Å²) in [7, 11) is 0. The van der Waals surface area contributed by atoms with Gasteiger partial charge in [-0.25, -0.2) is 28.1 Å². The van der Waals surface area contributed by atoms with Crippen molar-refractivity contribution in [1.82, 2.24) is 13.7 Å². The maximum Gasteiger partial charge on any atom is 0.345 e. The van der Waals surface area contributed by atoms with Crippen molar-refractivity contribution in [3.63, 3.8) is 0 Å². The minimum Gasteiger partial charge on any atom is -0.247 e. The van der Waals surface area contributed by atoms with Crippen LogP contribution in [0.1, 0.15) is 0 Å². The van der Waals surface area contributed by atoms with Crippen molar-refractivity contribution in [2.75, 3.05) is 0 Å². The highest BCUT2D eigenvalue weighted by atomic mass is 16.2. The molecule has 0 N–H and O–H groups in total. The fourth-order valence-corrected chi connectivity index (χ4v) is 2.47. The lowest BCUT2D eigenvalue weighted by Crippen LogP contribution is -2.53. The fraction of sp³-hybridized carbons (Fsp3) is 0.0556. The van der Waals surface area contributed by atoms with Gasteiger partial charge in [0.2, 0.25) is 0 Å². The van der Waals surface area contributed by atoms with Crippen LogP contribution in [0.25, 0.3) is 11.4 Å². The second-order valence-corrected chi connectivity index (χ2v) is 5.09. The first-order valence-electron chi connectivity index (χ1n) is 7.36. The molecule has 0 atom stereocenters. The molecule has 1 heterocycles. The number of aromatic nitrogens is 3. The number of rotatable bonds is 4. The molecule has 120 valence electrons. The number of nitrogens with zero attached hydrogens (tertiary/aromatic N) is 3. The van der Waals surface area contributed by atoms with Crippen molar-refractivity contribution in [3.8, 4) is 11.4 Å². The summed E-state index contributed by atoms with van der Waals surface area (Å²) in [4.78, 5) is 38.2. The molecule has 6 nitrogen and oxygen atoms in total. The quantitative estimate of drug-likeness (QED) is 0.681. The summed E-state index contributed by atoms with van der Waals surface area (Å²) in [5, 5.41) is 0. The summed E-state index contributed by atoms with van der Waals surface area (Å²) in [5.74, 6) is 0. The summed E-state index contributed by atoms with van der Waals surface area (Å²) in [6, 6.07) is 17.0. The van der Waals surface area contributed by atoms with Gasteiger partial charge in [0.05, 0.1) is 17.9 Å².